The summed E-state index contributed by atoms with van der Waals surface area (Å²) in [6, 6.07) is 2.38. The molecule has 0 radical (unpaired) electrons. The maximum Gasteiger partial charge on any atom is 0.321 e. The molecule has 1 saturated heterocycles. The monoisotopic (exact) mass is 339 g/mol. The number of benzene rings is 1. The number of halogens is 2. The van der Waals surface area contributed by atoms with Crippen molar-refractivity contribution in [2.24, 2.45) is 5.92 Å². The van der Waals surface area contributed by atoms with Crippen molar-refractivity contribution < 1.29 is 18.4 Å². The number of urea groups is 1. The van der Waals surface area contributed by atoms with E-state index in [1.54, 1.807) is 4.90 Å². The molecule has 2 rings (SSSR count). The molecule has 24 heavy (non-hydrogen) atoms. The Morgan fingerprint density at radius 3 is 2.67 bits per heavy atom. The first-order chi connectivity index (χ1) is 11.5. The number of rotatable bonds is 4. The highest BCUT2D eigenvalue weighted by Crippen LogP contribution is 2.21. The van der Waals surface area contributed by atoms with E-state index in [2.05, 4.69) is 5.32 Å². The molecule has 5 nitrogen and oxygen atoms in total. The van der Waals surface area contributed by atoms with Crippen molar-refractivity contribution in [2.45, 2.75) is 26.7 Å². The van der Waals surface area contributed by atoms with E-state index in [0.717, 1.165) is 24.6 Å². The van der Waals surface area contributed by atoms with Crippen molar-refractivity contribution in [1.82, 2.24) is 9.80 Å². The zero-order chi connectivity index (χ0) is 17.7. The van der Waals surface area contributed by atoms with Gasteiger partial charge in [-0.3, -0.25) is 4.79 Å². The molecule has 1 aromatic carbocycles. The molecule has 0 spiro atoms. The van der Waals surface area contributed by atoms with E-state index in [-0.39, 0.29) is 24.1 Å². The zero-order valence-corrected chi connectivity index (χ0v) is 14.0. The summed E-state index contributed by atoms with van der Waals surface area (Å²) in [6.07, 6.45) is 1.43. The summed E-state index contributed by atoms with van der Waals surface area (Å²) in [4.78, 5) is 28.0. The number of hydrogen-bond acceptors (Lipinski definition) is 2. The van der Waals surface area contributed by atoms with Crippen LogP contribution in [0.3, 0.4) is 0 Å². The lowest BCUT2D eigenvalue weighted by Gasteiger charge is -2.34. The standard InChI is InChI=1S/C17H23F2N3O2/c1-3-21(4-2)16(23)12-6-5-9-22(11-12)17(24)20-15-10-13(18)7-8-14(15)19/h7-8,10,12H,3-6,9,11H2,1-2H3,(H,20,24). The van der Waals surface area contributed by atoms with Gasteiger partial charge >= 0.3 is 6.03 Å². The van der Waals surface area contributed by atoms with Gasteiger partial charge in [-0.1, -0.05) is 0 Å². The molecular formula is C17H23F2N3O2. The Morgan fingerprint density at radius 1 is 1.29 bits per heavy atom. The quantitative estimate of drug-likeness (QED) is 0.916. The number of anilines is 1. The minimum Gasteiger partial charge on any atom is -0.343 e. The van der Waals surface area contributed by atoms with E-state index in [1.165, 1.54) is 4.90 Å². The fraction of sp³-hybridized carbons (Fsp3) is 0.529. The lowest BCUT2D eigenvalue weighted by molar-refractivity contribution is -0.136. The highest BCUT2D eigenvalue weighted by atomic mass is 19.1. The molecule has 1 unspecified atom stereocenters. The molecule has 1 aliphatic rings. The second kappa shape index (κ2) is 8.08. The summed E-state index contributed by atoms with van der Waals surface area (Å²) in [5.41, 5.74) is -0.197. The SMILES string of the molecule is CCN(CC)C(=O)C1CCCN(C(=O)Nc2cc(F)ccc2F)C1. The lowest BCUT2D eigenvalue weighted by Crippen LogP contribution is -2.48. The van der Waals surface area contributed by atoms with Crippen molar-refractivity contribution in [3.05, 3.63) is 29.8 Å². The molecule has 0 saturated carbocycles. The predicted molar refractivity (Wildman–Crippen MR) is 87.6 cm³/mol. The average molecular weight is 339 g/mol. The molecule has 1 aliphatic heterocycles. The molecule has 132 valence electrons. The number of likely N-dealkylation sites (tertiary alicyclic amines) is 1. The van der Waals surface area contributed by atoms with E-state index < -0.39 is 17.7 Å². The van der Waals surface area contributed by atoms with E-state index in [0.29, 0.717) is 26.1 Å². The van der Waals surface area contributed by atoms with Gasteiger partial charge in [-0.15, -0.1) is 0 Å². The first-order valence-corrected chi connectivity index (χ1v) is 8.26. The Labute approximate surface area is 140 Å². The maximum atomic E-state index is 13.6. The maximum absolute atomic E-state index is 13.6. The fourth-order valence-corrected chi connectivity index (χ4v) is 2.94. The molecule has 1 heterocycles. The van der Waals surface area contributed by atoms with E-state index in [4.69, 9.17) is 0 Å². The normalized spacial score (nSPS) is 17.5. The van der Waals surface area contributed by atoms with Crippen LogP contribution in [0.5, 0.6) is 0 Å². The van der Waals surface area contributed by atoms with Crippen LogP contribution in [0, 0.1) is 17.6 Å². The van der Waals surface area contributed by atoms with Crippen LogP contribution in [0.25, 0.3) is 0 Å². The van der Waals surface area contributed by atoms with Crippen molar-refractivity contribution in [2.75, 3.05) is 31.5 Å². The molecule has 1 atom stereocenters. The number of piperidine rings is 1. The molecule has 0 aromatic heterocycles. The van der Waals surface area contributed by atoms with E-state index in [1.807, 2.05) is 13.8 Å². The highest BCUT2D eigenvalue weighted by Gasteiger charge is 2.30. The molecule has 0 aliphatic carbocycles. The summed E-state index contributed by atoms with van der Waals surface area (Å²) >= 11 is 0. The van der Waals surface area contributed by atoms with Crippen LogP contribution in [0.4, 0.5) is 19.3 Å². The molecule has 1 fully saturated rings. The minimum atomic E-state index is -0.697. The Hall–Kier alpha value is -2.18. The molecule has 7 heteroatoms. The van der Waals surface area contributed by atoms with E-state index >= 15 is 0 Å². The third-order valence-electron chi connectivity index (χ3n) is 4.30. The van der Waals surface area contributed by atoms with Gasteiger partial charge in [0.05, 0.1) is 11.6 Å². The predicted octanol–water partition coefficient (Wildman–Crippen LogP) is 3.08. The number of hydrogen-bond donors (Lipinski definition) is 1. The van der Waals surface area contributed by atoms with Gasteiger partial charge in [0.15, 0.2) is 0 Å². The zero-order valence-electron chi connectivity index (χ0n) is 14.0. The van der Waals surface area contributed by atoms with Gasteiger partial charge in [-0.05, 0) is 38.8 Å². The second-order valence-corrected chi connectivity index (χ2v) is 5.85. The Kier molecular flexibility index (Phi) is 6.11. The lowest BCUT2D eigenvalue weighted by atomic mass is 9.96. The Bertz CT molecular complexity index is 605. The number of nitrogens with one attached hydrogen (secondary N) is 1. The summed E-state index contributed by atoms with van der Waals surface area (Å²) in [6.45, 7) is 5.88. The van der Waals surface area contributed by atoms with Crippen LogP contribution in [-0.4, -0.2) is 47.9 Å². The molecule has 0 bridgehead atoms. The molecule has 1 aromatic rings. The first kappa shape index (κ1) is 18.2. The summed E-state index contributed by atoms with van der Waals surface area (Å²) in [5, 5.41) is 2.38. The third-order valence-corrected chi connectivity index (χ3v) is 4.30. The van der Waals surface area contributed by atoms with Gasteiger partial charge in [0, 0.05) is 32.2 Å². The van der Waals surface area contributed by atoms with Gasteiger partial charge in [-0.2, -0.15) is 0 Å². The highest BCUT2D eigenvalue weighted by molar-refractivity contribution is 5.90. The van der Waals surface area contributed by atoms with Crippen molar-refractivity contribution >= 4 is 17.6 Å². The van der Waals surface area contributed by atoms with E-state index in [9.17, 15) is 18.4 Å². The van der Waals surface area contributed by atoms with Crippen molar-refractivity contribution in [3.8, 4) is 0 Å². The largest absolute Gasteiger partial charge is 0.343 e. The van der Waals surface area contributed by atoms with Crippen LogP contribution in [0.1, 0.15) is 26.7 Å². The summed E-state index contributed by atoms with van der Waals surface area (Å²) < 4.78 is 26.8. The first-order valence-electron chi connectivity index (χ1n) is 8.26. The van der Waals surface area contributed by atoms with Crippen LogP contribution in [-0.2, 0) is 4.79 Å². The van der Waals surface area contributed by atoms with Crippen molar-refractivity contribution in [3.63, 3.8) is 0 Å². The molecular weight excluding hydrogens is 316 g/mol. The number of carbonyl (C=O) groups excluding carboxylic acids is 2. The van der Waals surface area contributed by atoms with Gasteiger partial charge < -0.3 is 15.1 Å². The van der Waals surface area contributed by atoms with Crippen LogP contribution in [0.15, 0.2) is 18.2 Å². The van der Waals surface area contributed by atoms with Gasteiger partial charge in [-0.25, -0.2) is 13.6 Å². The van der Waals surface area contributed by atoms with Crippen LogP contribution >= 0.6 is 0 Å². The second-order valence-electron chi connectivity index (χ2n) is 5.85. The fourth-order valence-electron chi connectivity index (χ4n) is 2.94. The minimum absolute atomic E-state index is 0.0365. The Balaban J connectivity index is 2.02. The van der Waals surface area contributed by atoms with Gasteiger partial charge in [0.1, 0.15) is 11.6 Å². The summed E-state index contributed by atoms with van der Waals surface area (Å²) in [5.74, 6) is -1.53. The smallest absolute Gasteiger partial charge is 0.321 e. The summed E-state index contributed by atoms with van der Waals surface area (Å²) in [7, 11) is 0. The average Bonchev–Trinajstić information content (AvgIpc) is 2.59. The van der Waals surface area contributed by atoms with Crippen LogP contribution in [0.2, 0.25) is 0 Å². The number of amides is 3. The molecule has 1 N–H and O–H groups in total. The van der Waals surface area contributed by atoms with Gasteiger partial charge in [0.25, 0.3) is 0 Å². The van der Waals surface area contributed by atoms with Crippen LogP contribution < -0.4 is 5.32 Å². The third kappa shape index (κ3) is 4.21. The number of carbonyl (C=O) groups is 2. The van der Waals surface area contributed by atoms with Crippen molar-refractivity contribution in [1.29, 1.82) is 0 Å². The van der Waals surface area contributed by atoms with Gasteiger partial charge in [0.2, 0.25) is 5.91 Å². The molecule has 3 amide bonds. The topological polar surface area (TPSA) is 52.7 Å². The Morgan fingerprint density at radius 2 is 2.00 bits per heavy atom. The number of nitrogens with zero attached hydrogens (tertiary/aromatic N) is 2.